The SMILES string of the molecule is OC1(C2CC2)CNCCOC1. The zero-order chi connectivity index (χ0) is 7.73. The fraction of sp³-hybridized carbons (Fsp3) is 1.00. The van der Waals surface area contributed by atoms with Gasteiger partial charge in [-0.25, -0.2) is 0 Å². The van der Waals surface area contributed by atoms with Gasteiger partial charge in [0.05, 0.1) is 13.2 Å². The van der Waals surface area contributed by atoms with E-state index in [0.29, 0.717) is 19.1 Å². The molecule has 1 aliphatic heterocycles. The van der Waals surface area contributed by atoms with Crippen LogP contribution in [0.2, 0.25) is 0 Å². The third-order valence-electron chi connectivity index (χ3n) is 2.54. The van der Waals surface area contributed by atoms with Crippen molar-refractivity contribution >= 4 is 0 Å². The summed E-state index contributed by atoms with van der Waals surface area (Å²) in [6.07, 6.45) is 2.34. The van der Waals surface area contributed by atoms with Crippen LogP contribution in [0.5, 0.6) is 0 Å². The molecule has 3 nitrogen and oxygen atoms in total. The highest BCUT2D eigenvalue weighted by molar-refractivity contribution is 4.96. The van der Waals surface area contributed by atoms with Crippen LogP contribution in [-0.4, -0.2) is 37.0 Å². The van der Waals surface area contributed by atoms with Crippen LogP contribution in [-0.2, 0) is 4.74 Å². The highest BCUT2D eigenvalue weighted by atomic mass is 16.5. The molecule has 2 aliphatic rings. The first-order valence-electron chi connectivity index (χ1n) is 4.32. The Morgan fingerprint density at radius 2 is 2.27 bits per heavy atom. The van der Waals surface area contributed by atoms with Gasteiger partial charge in [0, 0.05) is 13.1 Å². The van der Waals surface area contributed by atoms with Gasteiger partial charge in [-0.3, -0.25) is 0 Å². The Kier molecular flexibility index (Phi) is 1.87. The van der Waals surface area contributed by atoms with E-state index in [4.69, 9.17) is 4.74 Å². The lowest BCUT2D eigenvalue weighted by molar-refractivity contribution is -0.0433. The highest BCUT2D eigenvalue weighted by Crippen LogP contribution is 2.39. The molecule has 0 radical (unpaired) electrons. The summed E-state index contributed by atoms with van der Waals surface area (Å²) in [6.45, 7) is 2.83. The summed E-state index contributed by atoms with van der Waals surface area (Å²) in [6, 6.07) is 0. The number of rotatable bonds is 1. The smallest absolute Gasteiger partial charge is 0.103 e. The lowest BCUT2D eigenvalue weighted by Gasteiger charge is -2.25. The Hall–Kier alpha value is -0.120. The number of hydrogen-bond acceptors (Lipinski definition) is 3. The van der Waals surface area contributed by atoms with Crippen LogP contribution in [0.4, 0.5) is 0 Å². The fourth-order valence-electron chi connectivity index (χ4n) is 1.63. The second-order valence-corrected chi connectivity index (χ2v) is 3.61. The third-order valence-corrected chi connectivity index (χ3v) is 2.54. The molecule has 2 fully saturated rings. The quantitative estimate of drug-likeness (QED) is 0.551. The van der Waals surface area contributed by atoms with Crippen LogP contribution in [0.1, 0.15) is 12.8 Å². The van der Waals surface area contributed by atoms with E-state index in [2.05, 4.69) is 5.32 Å². The second-order valence-electron chi connectivity index (χ2n) is 3.61. The van der Waals surface area contributed by atoms with E-state index in [0.717, 1.165) is 13.2 Å². The lowest BCUT2D eigenvalue weighted by atomic mass is 9.99. The summed E-state index contributed by atoms with van der Waals surface area (Å²) >= 11 is 0. The van der Waals surface area contributed by atoms with Crippen LogP contribution in [0, 0.1) is 5.92 Å². The van der Waals surface area contributed by atoms with Crippen molar-refractivity contribution in [1.82, 2.24) is 5.32 Å². The van der Waals surface area contributed by atoms with Gasteiger partial charge in [-0.15, -0.1) is 0 Å². The van der Waals surface area contributed by atoms with Gasteiger partial charge in [-0.1, -0.05) is 0 Å². The van der Waals surface area contributed by atoms with Gasteiger partial charge in [-0.2, -0.15) is 0 Å². The number of ether oxygens (including phenoxy) is 1. The minimum absolute atomic E-state index is 0.494. The number of nitrogens with one attached hydrogen (secondary N) is 1. The Balaban J connectivity index is 1.96. The zero-order valence-electron chi connectivity index (χ0n) is 6.68. The van der Waals surface area contributed by atoms with E-state index in [9.17, 15) is 5.11 Å². The van der Waals surface area contributed by atoms with Gasteiger partial charge < -0.3 is 15.2 Å². The average molecular weight is 157 g/mol. The zero-order valence-corrected chi connectivity index (χ0v) is 6.68. The van der Waals surface area contributed by atoms with Gasteiger partial charge in [-0.05, 0) is 18.8 Å². The van der Waals surface area contributed by atoms with E-state index in [1.54, 1.807) is 0 Å². The molecule has 0 spiro atoms. The molecule has 0 bridgehead atoms. The summed E-state index contributed by atoms with van der Waals surface area (Å²) in [7, 11) is 0. The van der Waals surface area contributed by atoms with E-state index in [-0.39, 0.29) is 0 Å². The highest BCUT2D eigenvalue weighted by Gasteiger charge is 2.44. The van der Waals surface area contributed by atoms with Crippen molar-refractivity contribution in [3.8, 4) is 0 Å². The molecule has 64 valence electrons. The maximum atomic E-state index is 10.0. The molecular weight excluding hydrogens is 142 g/mol. The predicted molar refractivity (Wildman–Crippen MR) is 41.4 cm³/mol. The first-order valence-corrected chi connectivity index (χ1v) is 4.32. The fourth-order valence-corrected chi connectivity index (χ4v) is 1.63. The minimum Gasteiger partial charge on any atom is -0.386 e. The second kappa shape index (κ2) is 2.73. The van der Waals surface area contributed by atoms with Crippen molar-refractivity contribution < 1.29 is 9.84 Å². The summed E-state index contributed by atoms with van der Waals surface area (Å²) in [5, 5.41) is 13.2. The monoisotopic (exact) mass is 157 g/mol. The molecule has 3 heteroatoms. The molecule has 1 saturated heterocycles. The van der Waals surface area contributed by atoms with Crippen molar-refractivity contribution in [3.05, 3.63) is 0 Å². The largest absolute Gasteiger partial charge is 0.386 e. The summed E-state index contributed by atoms with van der Waals surface area (Å²) in [4.78, 5) is 0. The number of β-amino-alcohol motifs (C(OH)–C–C–N with tert-alkyl or cyclic N) is 1. The Morgan fingerprint density at radius 1 is 1.45 bits per heavy atom. The van der Waals surface area contributed by atoms with E-state index in [1.807, 2.05) is 0 Å². The van der Waals surface area contributed by atoms with E-state index >= 15 is 0 Å². The number of hydrogen-bond donors (Lipinski definition) is 2. The Labute approximate surface area is 66.7 Å². The molecule has 1 atom stereocenters. The molecule has 0 aromatic heterocycles. The minimum atomic E-state index is -0.559. The van der Waals surface area contributed by atoms with Crippen LogP contribution in [0.25, 0.3) is 0 Å². The lowest BCUT2D eigenvalue weighted by Crippen LogP contribution is -2.44. The summed E-state index contributed by atoms with van der Waals surface area (Å²) < 4.78 is 5.30. The first kappa shape index (κ1) is 7.53. The van der Waals surface area contributed by atoms with Crippen LogP contribution < -0.4 is 5.32 Å². The van der Waals surface area contributed by atoms with Gasteiger partial charge >= 0.3 is 0 Å². The molecule has 2 rings (SSSR count). The topological polar surface area (TPSA) is 41.5 Å². The van der Waals surface area contributed by atoms with E-state index < -0.39 is 5.60 Å². The molecule has 1 aliphatic carbocycles. The van der Waals surface area contributed by atoms with Crippen LogP contribution >= 0.6 is 0 Å². The molecule has 1 unspecified atom stereocenters. The molecule has 0 aromatic rings. The normalized spacial score (nSPS) is 40.1. The van der Waals surface area contributed by atoms with Crippen LogP contribution in [0.15, 0.2) is 0 Å². The third kappa shape index (κ3) is 1.55. The molecule has 2 N–H and O–H groups in total. The van der Waals surface area contributed by atoms with Crippen molar-refractivity contribution in [2.75, 3.05) is 26.3 Å². The molecular formula is C8H15NO2. The standard InChI is InChI=1S/C8H15NO2/c10-8(7-1-2-7)5-9-3-4-11-6-8/h7,9-10H,1-6H2. The Bertz CT molecular complexity index is 137. The average Bonchev–Trinajstić information content (AvgIpc) is 2.70. The predicted octanol–water partition coefficient (Wildman–Crippen LogP) is -0.253. The van der Waals surface area contributed by atoms with Gasteiger partial charge in [0.2, 0.25) is 0 Å². The first-order chi connectivity index (χ1) is 5.31. The van der Waals surface area contributed by atoms with Crippen molar-refractivity contribution in [3.63, 3.8) is 0 Å². The summed E-state index contributed by atoms with van der Waals surface area (Å²) in [5.41, 5.74) is -0.559. The molecule has 1 saturated carbocycles. The van der Waals surface area contributed by atoms with Crippen molar-refractivity contribution in [1.29, 1.82) is 0 Å². The molecule has 1 heterocycles. The maximum Gasteiger partial charge on any atom is 0.103 e. The van der Waals surface area contributed by atoms with Crippen molar-refractivity contribution in [2.45, 2.75) is 18.4 Å². The molecule has 11 heavy (non-hydrogen) atoms. The Morgan fingerprint density at radius 3 is 3.00 bits per heavy atom. The van der Waals surface area contributed by atoms with Gasteiger partial charge in [0.1, 0.15) is 5.60 Å². The van der Waals surface area contributed by atoms with Crippen molar-refractivity contribution in [2.24, 2.45) is 5.92 Å². The molecule has 0 aromatic carbocycles. The van der Waals surface area contributed by atoms with Gasteiger partial charge in [0.25, 0.3) is 0 Å². The van der Waals surface area contributed by atoms with E-state index in [1.165, 1.54) is 12.8 Å². The van der Waals surface area contributed by atoms with Gasteiger partial charge in [0.15, 0.2) is 0 Å². The summed E-state index contributed by atoms with van der Waals surface area (Å²) in [5.74, 6) is 0.494. The molecule has 0 amide bonds. The number of aliphatic hydroxyl groups is 1. The maximum absolute atomic E-state index is 10.0. The van der Waals surface area contributed by atoms with Crippen LogP contribution in [0.3, 0.4) is 0 Å².